The number of anilines is 1. The fraction of sp³-hybridized carbons (Fsp3) is 0.450. The third-order valence-corrected chi connectivity index (χ3v) is 4.94. The van der Waals surface area contributed by atoms with Crippen molar-refractivity contribution in [2.45, 2.75) is 32.0 Å². The standard InChI is InChI=1S/C20H24F3N3O4/c1-12(19(29)30)25-18(28)14-7-9-26(10-8-14)17(27)6-4-13-3-5-16(24-2)15(11-13)20(21,22)23/h3-6,11-12,14,24H,7-10H2,1-2H3,(H,25,28)(H,29,30)/b6-4+/t12-/m0/s1. The first-order valence-electron chi connectivity index (χ1n) is 9.42. The molecule has 1 heterocycles. The van der Waals surface area contributed by atoms with E-state index in [1.807, 2.05) is 0 Å². The Morgan fingerprint density at radius 1 is 1.23 bits per heavy atom. The molecule has 1 aliphatic heterocycles. The summed E-state index contributed by atoms with van der Waals surface area (Å²) in [6.07, 6.45) is -1.22. The van der Waals surface area contributed by atoms with E-state index >= 15 is 0 Å². The van der Waals surface area contributed by atoms with Crippen LogP contribution in [0.1, 0.15) is 30.9 Å². The molecule has 164 valence electrons. The lowest BCUT2D eigenvalue weighted by atomic mass is 9.95. The number of nitrogens with one attached hydrogen (secondary N) is 2. The monoisotopic (exact) mass is 427 g/mol. The summed E-state index contributed by atoms with van der Waals surface area (Å²) in [4.78, 5) is 36.7. The molecule has 0 aromatic heterocycles. The highest BCUT2D eigenvalue weighted by molar-refractivity contribution is 5.92. The van der Waals surface area contributed by atoms with E-state index in [9.17, 15) is 27.6 Å². The lowest BCUT2D eigenvalue weighted by molar-refractivity contribution is -0.142. The second-order valence-corrected chi connectivity index (χ2v) is 7.05. The molecule has 0 spiro atoms. The molecule has 2 rings (SSSR count). The van der Waals surface area contributed by atoms with E-state index in [4.69, 9.17) is 5.11 Å². The number of aliphatic carboxylic acids is 1. The summed E-state index contributed by atoms with van der Waals surface area (Å²) < 4.78 is 39.4. The number of nitrogens with zero attached hydrogens (tertiary/aromatic N) is 1. The van der Waals surface area contributed by atoms with Crippen LogP contribution >= 0.6 is 0 Å². The van der Waals surface area contributed by atoms with Crippen LogP contribution < -0.4 is 10.6 Å². The Labute approximate surface area is 171 Å². The Bertz CT molecular complexity index is 831. The number of hydrogen-bond acceptors (Lipinski definition) is 4. The predicted molar refractivity (Wildman–Crippen MR) is 105 cm³/mol. The Morgan fingerprint density at radius 2 is 1.87 bits per heavy atom. The van der Waals surface area contributed by atoms with Gasteiger partial charge in [0.2, 0.25) is 11.8 Å². The third kappa shape index (κ3) is 5.98. The number of alkyl halides is 3. The molecule has 1 atom stereocenters. The summed E-state index contributed by atoms with van der Waals surface area (Å²) in [5, 5.41) is 13.8. The zero-order chi connectivity index (χ0) is 22.5. The fourth-order valence-corrected chi connectivity index (χ4v) is 3.15. The highest BCUT2D eigenvalue weighted by Gasteiger charge is 2.33. The Hall–Kier alpha value is -3.04. The van der Waals surface area contributed by atoms with E-state index in [-0.39, 0.29) is 29.0 Å². The normalized spacial score (nSPS) is 16.4. The average molecular weight is 427 g/mol. The van der Waals surface area contributed by atoms with Crippen molar-refractivity contribution in [2.24, 2.45) is 5.92 Å². The van der Waals surface area contributed by atoms with Crippen LogP contribution in [0.15, 0.2) is 24.3 Å². The molecule has 1 aromatic carbocycles. The topological polar surface area (TPSA) is 98.7 Å². The molecular formula is C20H24F3N3O4. The minimum atomic E-state index is -4.52. The first kappa shape index (κ1) is 23.2. The summed E-state index contributed by atoms with van der Waals surface area (Å²) in [6, 6.07) is 2.76. The number of likely N-dealkylation sites (tertiary alicyclic amines) is 1. The van der Waals surface area contributed by atoms with Gasteiger partial charge in [-0.25, -0.2) is 0 Å². The van der Waals surface area contributed by atoms with Gasteiger partial charge in [0.25, 0.3) is 0 Å². The lowest BCUT2D eigenvalue weighted by Crippen LogP contribution is -2.46. The lowest BCUT2D eigenvalue weighted by Gasteiger charge is -2.31. The number of carboxylic acids is 1. The maximum absolute atomic E-state index is 13.1. The van der Waals surface area contributed by atoms with Gasteiger partial charge in [-0.05, 0) is 43.5 Å². The summed E-state index contributed by atoms with van der Waals surface area (Å²) in [6.45, 7) is 1.97. The molecule has 30 heavy (non-hydrogen) atoms. The largest absolute Gasteiger partial charge is 0.480 e. The molecule has 2 amide bonds. The van der Waals surface area contributed by atoms with Gasteiger partial charge in [0.1, 0.15) is 6.04 Å². The van der Waals surface area contributed by atoms with Crippen molar-refractivity contribution in [2.75, 3.05) is 25.5 Å². The summed E-state index contributed by atoms with van der Waals surface area (Å²) in [5.74, 6) is -2.24. The van der Waals surface area contributed by atoms with Gasteiger partial charge in [0.15, 0.2) is 0 Å². The molecule has 0 radical (unpaired) electrons. The number of carbonyl (C=O) groups is 3. The molecule has 0 unspecified atom stereocenters. The van der Waals surface area contributed by atoms with Crippen LogP contribution in [-0.2, 0) is 20.6 Å². The van der Waals surface area contributed by atoms with Crippen molar-refractivity contribution < 1.29 is 32.7 Å². The SMILES string of the molecule is CNc1ccc(/C=C/C(=O)N2CCC(C(=O)N[C@@H](C)C(=O)O)CC2)cc1C(F)(F)F. The van der Waals surface area contributed by atoms with Crippen LogP contribution in [-0.4, -0.2) is 54.0 Å². The first-order valence-corrected chi connectivity index (χ1v) is 9.42. The predicted octanol–water partition coefficient (Wildman–Crippen LogP) is 2.59. The molecule has 0 bridgehead atoms. The van der Waals surface area contributed by atoms with Crippen molar-refractivity contribution in [1.82, 2.24) is 10.2 Å². The number of rotatable bonds is 6. The van der Waals surface area contributed by atoms with Gasteiger partial charge in [-0.3, -0.25) is 14.4 Å². The molecule has 0 saturated carbocycles. The van der Waals surface area contributed by atoms with E-state index in [2.05, 4.69) is 10.6 Å². The van der Waals surface area contributed by atoms with Crippen LogP contribution in [0.3, 0.4) is 0 Å². The van der Waals surface area contributed by atoms with Crippen LogP contribution in [0.25, 0.3) is 6.08 Å². The van der Waals surface area contributed by atoms with Crippen molar-refractivity contribution >= 4 is 29.5 Å². The molecule has 0 aliphatic carbocycles. The van der Waals surface area contributed by atoms with E-state index in [1.165, 1.54) is 43.2 Å². The van der Waals surface area contributed by atoms with E-state index in [0.29, 0.717) is 25.9 Å². The second kappa shape index (κ2) is 9.64. The summed E-state index contributed by atoms with van der Waals surface area (Å²) >= 11 is 0. The quantitative estimate of drug-likeness (QED) is 0.606. The van der Waals surface area contributed by atoms with E-state index < -0.39 is 23.8 Å². The van der Waals surface area contributed by atoms with Crippen molar-refractivity contribution in [3.05, 3.63) is 35.4 Å². The van der Waals surface area contributed by atoms with E-state index in [0.717, 1.165) is 6.07 Å². The molecule has 1 aliphatic rings. The summed E-state index contributed by atoms with van der Waals surface area (Å²) in [7, 11) is 1.40. The van der Waals surface area contributed by atoms with Crippen molar-refractivity contribution in [3.8, 4) is 0 Å². The molecule has 10 heteroatoms. The highest BCUT2D eigenvalue weighted by atomic mass is 19.4. The minimum absolute atomic E-state index is 0.0523. The third-order valence-electron chi connectivity index (χ3n) is 4.94. The number of benzene rings is 1. The van der Waals surface area contributed by atoms with Gasteiger partial charge in [-0.2, -0.15) is 13.2 Å². The number of amides is 2. The van der Waals surface area contributed by atoms with Gasteiger partial charge in [0.05, 0.1) is 5.56 Å². The zero-order valence-corrected chi connectivity index (χ0v) is 16.6. The smallest absolute Gasteiger partial charge is 0.418 e. The fourth-order valence-electron chi connectivity index (χ4n) is 3.15. The number of carboxylic acid groups (broad SMARTS) is 1. The second-order valence-electron chi connectivity index (χ2n) is 7.05. The zero-order valence-electron chi connectivity index (χ0n) is 16.6. The highest BCUT2D eigenvalue weighted by Crippen LogP contribution is 2.35. The Morgan fingerprint density at radius 3 is 2.40 bits per heavy atom. The molecule has 1 saturated heterocycles. The van der Waals surface area contributed by atoms with Crippen LogP contribution in [0, 0.1) is 5.92 Å². The number of halogens is 3. The van der Waals surface area contributed by atoms with Crippen molar-refractivity contribution in [3.63, 3.8) is 0 Å². The Balaban J connectivity index is 1.96. The van der Waals surface area contributed by atoms with Gasteiger partial charge in [-0.1, -0.05) is 6.07 Å². The first-order chi connectivity index (χ1) is 14.0. The van der Waals surface area contributed by atoms with Gasteiger partial charge >= 0.3 is 12.1 Å². The molecular weight excluding hydrogens is 403 g/mol. The number of piperidine rings is 1. The van der Waals surface area contributed by atoms with Crippen molar-refractivity contribution in [1.29, 1.82) is 0 Å². The van der Waals surface area contributed by atoms with E-state index in [1.54, 1.807) is 0 Å². The minimum Gasteiger partial charge on any atom is -0.480 e. The van der Waals surface area contributed by atoms with Crippen LogP contribution in [0.4, 0.5) is 18.9 Å². The summed E-state index contributed by atoms with van der Waals surface area (Å²) in [5.41, 5.74) is -0.628. The van der Waals surface area contributed by atoms with Gasteiger partial charge in [-0.15, -0.1) is 0 Å². The van der Waals surface area contributed by atoms with Crippen LogP contribution in [0.5, 0.6) is 0 Å². The maximum atomic E-state index is 13.1. The Kier molecular flexibility index (Phi) is 7.47. The molecule has 1 aromatic rings. The number of hydrogen-bond donors (Lipinski definition) is 3. The van der Waals surface area contributed by atoms with Gasteiger partial charge in [0, 0.05) is 37.8 Å². The maximum Gasteiger partial charge on any atom is 0.418 e. The molecule has 3 N–H and O–H groups in total. The van der Waals surface area contributed by atoms with Gasteiger partial charge < -0.3 is 20.6 Å². The van der Waals surface area contributed by atoms with Crippen LogP contribution in [0.2, 0.25) is 0 Å². The average Bonchev–Trinajstić information content (AvgIpc) is 2.71. The molecule has 7 nitrogen and oxygen atoms in total. The number of carbonyl (C=O) groups excluding carboxylic acids is 2. The molecule has 1 fully saturated rings.